The van der Waals surface area contributed by atoms with Crippen LogP contribution in [0.5, 0.6) is 0 Å². The van der Waals surface area contributed by atoms with Gasteiger partial charge in [0.1, 0.15) is 16.4 Å². The molecule has 0 saturated carbocycles. The first kappa shape index (κ1) is 23.5. The molecule has 0 radical (unpaired) electrons. The number of allylic oxidation sites excluding steroid dienone is 1. The third kappa shape index (κ3) is 5.16. The van der Waals surface area contributed by atoms with Crippen molar-refractivity contribution in [1.82, 2.24) is 10.1 Å². The second-order valence-corrected chi connectivity index (χ2v) is 9.16. The number of esters is 1. The number of sulfone groups is 1. The van der Waals surface area contributed by atoms with Gasteiger partial charge in [0.15, 0.2) is 9.84 Å². The molecule has 3 rings (SSSR count). The van der Waals surface area contributed by atoms with E-state index in [1.54, 1.807) is 30.3 Å². The number of methoxy groups -OCH3 is 1. The molecule has 0 unspecified atom stereocenters. The van der Waals surface area contributed by atoms with Gasteiger partial charge < -0.3 is 15.0 Å². The van der Waals surface area contributed by atoms with Crippen molar-refractivity contribution in [3.05, 3.63) is 70.1 Å². The summed E-state index contributed by atoms with van der Waals surface area (Å²) in [7, 11) is -2.31. The Kier molecular flexibility index (Phi) is 6.97. The number of rotatable bonds is 6. The second kappa shape index (κ2) is 9.51. The van der Waals surface area contributed by atoms with E-state index in [0.717, 1.165) is 13.4 Å². The van der Waals surface area contributed by atoms with E-state index < -0.39 is 21.5 Å². The van der Waals surface area contributed by atoms with Crippen molar-refractivity contribution in [2.75, 3.05) is 13.4 Å². The molecule has 0 saturated heterocycles. The number of nitrogens with two attached hydrogens (primary N) is 1. The van der Waals surface area contributed by atoms with E-state index in [1.807, 2.05) is 0 Å². The van der Waals surface area contributed by atoms with E-state index in [0.29, 0.717) is 16.3 Å². The highest BCUT2D eigenvalue weighted by atomic mass is 35.5. The summed E-state index contributed by atoms with van der Waals surface area (Å²) in [6.45, 7) is 0. The van der Waals surface area contributed by atoms with Crippen LogP contribution in [-0.4, -0.2) is 43.6 Å². The monoisotopic (exact) mass is 494 g/mol. The molecule has 1 aromatic heterocycles. The molecule has 0 amide bonds. The van der Waals surface area contributed by atoms with E-state index >= 15 is 0 Å². The Labute approximate surface area is 193 Å². The second-order valence-electron chi connectivity index (χ2n) is 6.35. The highest BCUT2D eigenvalue weighted by Crippen LogP contribution is 2.28. The molecule has 0 aliphatic rings. The van der Waals surface area contributed by atoms with Crippen molar-refractivity contribution in [1.29, 1.82) is 0 Å². The van der Waals surface area contributed by atoms with Gasteiger partial charge in [-0.25, -0.2) is 18.2 Å². The van der Waals surface area contributed by atoms with Crippen molar-refractivity contribution < 1.29 is 22.5 Å². The minimum Gasteiger partial charge on any atom is -0.464 e. The molecule has 0 bridgehead atoms. The molecule has 0 spiro atoms. The van der Waals surface area contributed by atoms with Gasteiger partial charge in [-0.2, -0.15) is 4.98 Å². The van der Waals surface area contributed by atoms with Crippen LogP contribution in [0.4, 0.5) is 5.69 Å². The first-order valence-electron chi connectivity index (χ1n) is 8.83. The largest absolute Gasteiger partial charge is 0.464 e. The summed E-state index contributed by atoms with van der Waals surface area (Å²) in [5.74, 6) is -0.994. The van der Waals surface area contributed by atoms with Gasteiger partial charge in [-0.1, -0.05) is 46.6 Å². The number of nitrogens with zero attached hydrogens (tertiary/aromatic N) is 3. The molecule has 2 N–H and O–H groups in total. The maximum Gasteiger partial charge on any atom is 0.355 e. The van der Waals surface area contributed by atoms with Gasteiger partial charge in [0, 0.05) is 11.8 Å². The lowest BCUT2D eigenvalue weighted by Gasteiger charge is -2.06. The number of carbonyl (C=O) groups excluding carboxylic acids is 1. The highest BCUT2D eigenvalue weighted by molar-refractivity contribution is 7.90. The Balaban J connectivity index is 2.15. The predicted molar refractivity (Wildman–Crippen MR) is 120 cm³/mol. The lowest BCUT2D eigenvalue weighted by atomic mass is 10.2. The molecule has 0 fully saturated rings. The number of hydrogen-bond acceptors (Lipinski definition) is 9. The van der Waals surface area contributed by atoms with Crippen molar-refractivity contribution >= 4 is 50.4 Å². The Morgan fingerprint density at radius 2 is 1.91 bits per heavy atom. The average molecular weight is 495 g/mol. The lowest BCUT2D eigenvalue weighted by Crippen LogP contribution is -2.18. The topological polar surface area (TPSA) is 138 Å². The van der Waals surface area contributed by atoms with E-state index in [-0.39, 0.29) is 27.4 Å². The summed E-state index contributed by atoms with van der Waals surface area (Å²) in [6.07, 6.45) is 1.08. The Bertz CT molecular complexity index is 1350. The standard InChI is InChI=1S/C20H16Cl2N4O5S/c1-30-20(27)16(23)15(22)17(24-14-9-4-3-8-13(14)21)18-25-19(31-26-18)11-6-5-7-12(10-11)32(2,28)29/h3-10H,23H2,1-2H3/b16-15+,24-17?. The predicted octanol–water partition coefficient (Wildman–Crippen LogP) is 3.50. The van der Waals surface area contributed by atoms with E-state index in [4.69, 9.17) is 33.5 Å². The molecule has 12 heteroatoms. The average Bonchev–Trinajstić information content (AvgIpc) is 3.26. The van der Waals surface area contributed by atoms with Gasteiger partial charge in [0.25, 0.3) is 5.89 Å². The normalized spacial score (nSPS) is 12.9. The zero-order chi connectivity index (χ0) is 23.5. The fraction of sp³-hybridized carbons (Fsp3) is 0.100. The number of aromatic nitrogens is 2. The molecule has 166 valence electrons. The van der Waals surface area contributed by atoms with Crippen molar-refractivity contribution in [2.45, 2.75) is 4.90 Å². The first-order valence-corrected chi connectivity index (χ1v) is 11.5. The summed E-state index contributed by atoms with van der Waals surface area (Å²) >= 11 is 12.5. The smallest absolute Gasteiger partial charge is 0.355 e. The highest BCUT2D eigenvalue weighted by Gasteiger charge is 2.23. The molecule has 2 aromatic carbocycles. The number of aliphatic imine (C=N–C) groups is 1. The summed E-state index contributed by atoms with van der Waals surface area (Å²) in [6, 6.07) is 12.6. The number of halogens is 2. The SMILES string of the molecule is COC(=O)/C(N)=C(\Cl)C(=Nc1ccccc1Cl)c1noc(-c2cccc(S(C)(=O)=O)c2)n1. The Morgan fingerprint density at radius 1 is 1.19 bits per heavy atom. The van der Waals surface area contributed by atoms with Crippen molar-refractivity contribution in [2.24, 2.45) is 10.7 Å². The van der Waals surface area contributed by atoms with E-state index in [9.17, 15) is 13.2 Å². The van der Waals surface area contributed by atoms with Gasteiger partial charge in [-0.3, -0.25) is 0 Å². The van der Waals surface area contributed by atoms with E-state index in [2.05, 4.69) is 19.9 Å². The molecule has 1 heterocycles. The summed E-state index contributed by atoms with van der Waals surface area (Å²) < 4.78 is 33.6. The van der Waals surface area contributed by atoms with Crippen LogP contribution in [0.1, 0.15) is 5.82 Å². The van der Waals surface area contributed by atoms with Crippen LogP contribution in [0, 0.1) is 0 Å². The zero-order valence-corrected chi connectivity index (χ0v) is 19.1. The summed E-state index contributed by atoms with van der Waals surface area (Å²) in [5.41, 5.74) is 5.93. The van der Waals surface area contributed by atoms with Gasteiger partial charge in [0.2, 0.25) is 5.82 Å². The Morgan fingerprint density at radius 3 is 2.56 bits per heavy atom. The molecule has 0 atom stereocenters. The minimum atomic E-state index is -3.45. The van der Waals surface area contributed by atoms with Crippen LogP contribution in [-0.2, 0) is 19.4 Å². The van der Waals surface area contributed by atoms with Crippen LogP contribution in [0.3, 0.4) is 0 Å². The molecule has 3 aromatic rings. The quantitative estimate of drug-likeness (QED) is 0.312. The van der Waals surface area contributed by atoms with Crippen molar-refractivity contribution in [3.8, 4) is 11.5 Å². The fourth-order valence-corrected chi connectivity index (χ4v) is 3.53. The Hall–Kier alpha value is -3.21. The molecule has 0 aliphatic carbocycles. The number of benzene rings is 2. The van der Waals surface area contributed by atoms with Crippen LogP contribution in [0.2, 0.25) is 5.02 Å². The minimum absolute atomic E-state index is 0.00142. The van der Waals surface area contributed by atoms with E-state index in [1.165, 1.54) is 18.2 Å². The fourth-order valence-electron chi connectivity index (χ4n) is 2.48. The number of carbonyl (C=O) groups is 1. The third-order valence-electron chi connectivity index (χ3n) is 4.08. The van der Waals surface area contributed by atoms with Crippen molar-refractivity contribution in [3.63, 3.8) is 0 Å². The van der Waals surface area contributed by atoms with Crippen LogP contribution < -0.4 is 5.73 Å². The van der Waals surface area contributed by atoms with Gasteiger partial charge in [-0.05, 0) is 30.3 Å². The molecule has 9 nitrogen and oxygen atoms in total. The number of ether oxygens (including phenoxy) is 1. The summed E-state index contributed by atoms with van der Waals surface area (Å²) in [4.78, 5) is 20.6. The molecular weight excluding hydrogens is 479 g/mol. The first-order chi connectivity index (χ1) is 15.1. The van der Waals surface area contributed by atoms with Gasteiger partial charge >= 0.3 is 5.97 Å². The third-order valence-corrected chi connectivity index (χ3v) is 5.89. The van der Waals surface area contributed by atoms with Gasteiger partial charge in [-0.15, -0.1) is 0 Å². The maximum absolute atomic E-state index is 11.9. The zero-order valence-electron chi connectivity index (χ0n) is 16.7. The number of hydrogen-bond donors (Lipinski definition) is 1. The molecule has 0 aliphatic heterocycles. The van der Waals surface area contributed by atoms with Crippen LogP contribution in [0.15, 0.2) is 73.7 Å². The van der Waals surface area contributed by atoms with Crippen LogP contribution >= 0.6 is 23.2 Å². The number of para-hydroxylation sites is 1. The van der Waals surface area contributed by atoms with Gasteiger partial charge in [0.05, 0.1) is 22.7 Å². The summed E-state index contributed by atoms with van der Waals surface area (Å²) in [5, 5.41) is 3.88. The lowest BCUT2D eigenvalue weighted by molar-refractivity contribution is -0.136. The maximum atomic E-state index is 11.9. The van der Waals surface area contributed by atoms with Crippen LogP contribution in [0.25, 0.3) is 11.5 Å². The molecular formula is C20H16Cl2N4O5S. The molecule has 32 heavy (non-hydrogen) atoms.